The molecule has 0 spiro atoms. The number of hydrogen-bond donors (Lipinski definition) is 1. The Morgan fingerprint density at radius 1 is 1.53 bits per heavy atom. The quantitative estimate of drug-likeness (QED) is 0.755. The highest BCUT2D eigenvalue weighted by atomic mass is 35.5. The van der Waals surface area contributed by atoms with Crippen LogP contribution >= 0.6 is 11.6 Å². The number of ketones is 1. The number of nitrogens with zero attached hydrogens (tertiary/aromatic N) is 1. The number of Topliss-reactive ketones (excluding diaryl/α,β-unsaturated/α-hetero) is 1. The summed E-state index contributed by atoms with van der Waals surface area (Å²) in [5, 5.41) is 0.327. The first-order valence-corrected chi connectivity index (χ1v) is 4.56. The van der Waals surface area contributed by atoms with Gasteiger partial charge < -0.3 is 5.73 Å². The summed E-state index contributed by atoms with van der Waals surface area (Å²) in [5.74, 6) is -0.828. The van der Waals surface area contributed by atoms with E-state index in [0.717, 1.165) is 0 Å². The van der Waals surface area contributed by atoms with E-state index < -0.39 is 5.91 Å². The van der Waals surface area contributed by atoms with Gasteiger partial charge in [0.15, 0.2) is 5.78 Å². The van der Waals surface area contributed by atoms with Crippen molar-refractivity contribution in [2.45, 2.75) is 0 Å². The number of halogens is 1. The Morgan fingerprint density at radius 2 is 2.27 bits per heavy atom. The fraction of sp³-hybridized carbons (Fsp3) is 0.100. The minimum absolute atomic E-state index is 0.0639. The minimum Gasteiger partial charge on any atom is -0.364 e. The molecule has 0 bridgehead atoms. The van der Waals surface area contributed by atoms with E-state index >= 15 is 0 Å². The van der Waals surface area contributed by atoms with E-state index in [9.17, 15) is 9.59 Å². The third kappa shape index (κ3) is 1.64. The van der Waals surface area contributed by atoms with Gasteiger partial charge in [-0.25, -0.2) is 0 Å². The van der Waals surface area contributed by atoms with Crippen LogP contribution in [0.4, 0.5) is 0 Å². The molecule has 1 aromatic rings. The van der Waals surface area contributed by atoms with Crippen molar-refractivity contribution in [3.05, 3.63) is 34.3 Å². The second-order valence-corrected chi connectivity index (χ2v) is 3.47. The Hall–Kier alpha value is -1.68. The molecule has 15 heavy (non-hydrogen) atoms. The van der Waals surface area contributed by atoms with Crippen LogP contribution in [0, 0.1) is 6.07 Å². The van der Waals surface area contributed by atoms with Crippen LogP contribution in [0.2, 0.25) is 5.02 Å². The molecule has 4 nitrogen and oxygen atoms in total. The number of rotatable bonds is 1. The molecule has 0 saturated heterocycles. The highest BCUT2D eigenvalue weighted by molar-refractivity contribution is 6.47. The van der Waals surface area contributed by atoms with Gasteiger partial charge in [0, 0.05) is 22.2 Å². The van der Waals surface area contributed by atoms with Crippen molar-refractivity contribution >= 4 is 29.0 Å². The van der Waals surface area contributed by atoms with Gasteiger partial charge in [-0.3, -0.25) is 14.6 Å². The summed E-state index contributed by atoms with van der Waals surface area (Å²) in [6, 6.07) is 5.62. The summed E-state index contributed by atoms with van der Waals surface area (Å²) >= 11 is 5.71. The van der Waals surface area contributed by atoms with E-state index in [4.69, 9.17) is 17.3 Å². The van der Waals surface area contributed by atoms with Gasteiger partial charge in [0.2, 0.25) is 0 Å². The Kier molecular flexibility index (Phi) is 2.28. The number of nitrogens with two attached hydrogens (primary N) is 1. The molecule has 1 aliphatic rings. The maximum Gasteiger partial charge on any atom is 0.267 e. The summed E-state index contributed by atoms with van der Waals surface area (Å²) in [6.45, 7) is -0.0639. The molecule has 0 saturated carbocycles. The number of benzene rings is 1. The van der Waals surface area contributed by atoms with Crippen molar-refractivity contribution in [1.29, 1.82) is 0 Å². The summed E-state index contributed by atoms with van der Waals surface area (Å²) in [5.41, 5.74) is 6.03. The van der Waals surface area contributed by atoms with Crippen LogP contribution < -0.4 is 5.73 Å². The highest BCUT2D eigenvalue weighted by Gasteiger charge is 2.23. The predicted octanol–water partition coefficient (Wildman–Crippen LogP) is 0.611. The summed E-state index contributed by atoms with van der Waals surface area (Å²) < 4.78 is 0. The van der Waals surface area contributed by atoms with E-state index in [1.807, 2.05) is 0 Å². The molecule has 75 valence electrons. The summed E-state index contributed by atoms with van der Waals surface area (Å²) in [6.07, 6.45) is 0. The zero-order valence-electron chi connectivity index (χ0n) is 7.58. The van der Waals surface area contributed by atoms with E-state index in [-0.39, 0.29) is 18.0 Å². The average Bonchev–Trinajstić information content (AvgIpc) is 2.19. The molecule has 2 N–H and O–H groups in total. The Labute approximate surface area is 90.7 Å². The number of amides is 1. The van der Waals surface area contributed by atoms with Gasteiger partial charge in [-0.1, -0.05) is 11.6 Å². The lowest BCUT2D eigenvalue weighted by Gasteiger charge is -2.13. The number of hydrogen-bond acceptors (Lipinski definition) is 3. The maximum absolute atomic E-state index is 11.5. The first-order valence-electron chi connectivity index (χ1n) is 4.18. The lowest BCUT2D eigenvalue weighted by atomic mass is 9.96. The maximum atomic E-state index is 11.5. The molecular formula is C10H6ClN2O2. The van der Waals surface area contributed by atoms with Crippen LogP contribution in [0.3, 0.4) is 0 Å². The minimum atomic E-state index is -0.653. The molecule has 0 aliphatic carbocycles. The van der Waals surface area contributed by atoms with Gasteiger partial charge in [-0.05, 0) is 12.1 Å². The van der Waals surface area contributed by atoms with Crippen molar-refractivity contribution in [2.75, 3.05) is 6.54 Å². The lowest BCUT2D eigenvalue weighted by Crippen LogP contribution is -2.30. The summed E-state index contributed by atoms with van der Waals surface area (Å²) in [7, 11) is 0. The largest absolute Gasteiger partial charge is 0.364 e. The van der Waals surface area contributed by atoms with Gasteiger partial charge in [0.25, 0.3) is 5.91 Å². The molecule has 1 radical (unpaired) electrons. The smallest absolute Gasteiger partial charge is 0.267 e. The second kappa shape index (κ2) is 3.47. The number of carbonyl (C=O) groups is 2. The number of carbonyl (C=O) groups excluding carboxylic acids is 2. The summed E-state index contributed by atoms with van der Waals surface area (Å²) in [4.78, 5) is 26.3. The number of primary amides is 1. The van der Waals surface area contributed by atoms with Gasteiger partial charge in [-0.2, -0.15) is 0 Å². The molecule has 0 atom stereocenters. The van der Waals surface area contributed by atoms with E-state index in [1.165, 1.54) is 12.1 Å². The lowest BCUT2D eigenvalue weighted by molar-refractivity contribution is -0.111. The van der Waals surface area contributed by atoms with Crippen molar-refractivity contribution in [3.63, 3.8) is 0 Å². The van der Waals surface area contributed by atoms with Gasteiger partial charge >= 0.3 is 0 Å². The fourth-order valence-corrected chi connectivity index (χ4v) is 1.59. The Balaban J connectivity index is 2.64. The third-order valence-corrected chi connectivity index (χ3v) is 2.30. The van der Waals surface area contributed by atoms with Crippen LogP contribution in [-0.2, 0) is 4.79 Å². The zero-order chi connectivity index (χ0) is 11.0. The Bertz CT molecular complexity index is 494. The Morgan fingerprint density at radius 3 is 2.93 bits per heavy atom. The first-order chi connectivity index (χ1) is 7.09. The number of fused-ring (bicyclic) bond motifs is 1. The molecule has 5 heteroatoms. The average molecular weight is 222 g/mol. The molecule has 2 rings (SSSR count). The van der Waals surface area contributed by atoms with Crippen molar-refractivity contribution in [1.82, 2.24) is 0 Å². The standard InChI is InChI=1S/C10H6ClN2O2/c11-5-1-2-6-7(3-5)8(14)4-13-9(6)10(12)15/h2-3H,4H2,(H2,12,15). The van der Waals surface area contributed by atoms with Crippen molar-refractivity contribution in [2.24, 2.45) is 10.7 Å². The SMILES string of the molecule is NC(=O)C1=NCC(=O)c2cc(Cl)[c]cc21. The van der Waals surface area contributed by atoms with Crippen LogP contribution in [0.25, 0.3) is 0 Å². The predicted molar refractivity (Wildman–Crippen MR) is 55.2 cm³/mol. The molecular weight excluding hydrogens is 216 g/mol. The first kappa shape index (κ1) is 9.86. The molecule has 1 heterocycles. The fourth-order valence-electron chi connectivity index (χ4n) is 1.42. The zero-order valence-corrected chi connectivity index (χ0v) is 8.34. The molecule has 0 fully saturated rings. The highest BCUT2D eigenvalue weighted by Crippen LogP contribution is 2.20. The normalized spacial score (nSPS) is 14.5. The van der Waals surface area contributed by atoms with Crippen LogP contribution in [0.5, 0.6) is 0 Å². The van der Waals surface area contributed by atoms with Crippen LogP contribution in [0.15, 0.2) is 17.1 Å². The van der Waals surface area contributed by atoms with Crippen molar-refractivity contribution in [3.8, 4) is 0 Å². The second-order valence-electron chi connectivity index (χ2n) is 3.06. The van der Waals surface area contributed by atoms with Crippen LogP contribution in [0.1, 0.15) is 15.9 Å². The molecule has 1 amide bonds. The van der Waals surface area contributed by atoms with Crippen molar-refractivity contribution < 1.29 is 9.59 Å². The monoisotopic (exact) mass is 221 g/mol. The topological polar surface area (TPSA) is 72.5 Å². The molecule has 1 aromatic carbocycles. The van der Waals surface area contributed by atoms with Gasteiger partial charge in [0.1, 0.15) is 12.3 Å². The van der Waals surface area contributed by atoms with E-state index in [0.29, 0.717) is 16.1 Å². The van der Waals surface area contributed by atoms with E-state index in [2.05, 4.69) is 11.1 Å². The van der Waals surface area contributed by atoms with Gasteiger partial charge in [-0.15, -0.1) is 0 Å². The van der Waals surface area contributed by atoms with Gasteiger partial charge in [0.05, 0.1) is 0 Å². The molecule has 1 aliphatic heterocycles. The molecule has 0 unspecified atom stereocenters. The number of aliphatic imine (C=N–C) groups is 1. The van der Waals surface area contributed by atoms with E-state index in [1.54, 1.807) is 0 Å². The third-order valence-electron chi connectivity index (χ3n) is 2.09. The van der Waals surface area contributed by atoms with Crippen LogP contribution in [-0.4, -0.2) is 23.9 Å². The molecule has 0 aromatic heterocycles.